The first-order valence-corrected chi connectivity index (χ1v) is 6.58. The monoisotopic (exact) mass is 348 g/mol. The number of hydrogen-bond acceptors (Lipinski definition) is 2. The van der Waals surface area contributed by atoms with Gasteiger partial charge in [0.15, 0.2) is 0 Å². The Kier molecular flexibility index (Phi) is 4.22. The number of carboxylic acids is 1. The largest absolute Gasteiger partial charge is 0.481 e. The summed E-state index contributed by atoms with van der Waals surface area (Å²) in [5.74, 6) is -2.63. The second kappa shape index (κ2) is 5.74. The van der Waals surface area contributed by atoms with Crippen LogP contribution in [0.15, 0.2) is 16.6 Å². The molecule has 0 aromatic heterocycles. The summed E-state index contributed by atoms with van der Waals surface area (Å²) in [6.45, 7) is 0.615. The van der Waals surface area contributed by atoms with Crippen LogP contribution in [0.3, 0.4) is 0 Å². The van der Waals surface area contributed by atoms with Gasteiger partial charge in [-0.2, -0.15) is 0 Å². The Hall–Kier alpha value is -1.70. The van der Waals surface area contributed by atoms with Crippen LogP contribution in [0.5, 0.6) is 0 Å². The van der Waals surface area contributed by atoms with Gasteiger partial charge in [-0.05, 0) is 22.0 Å². The van der Waals surface area contributed by atoms with E-state index in [4.69, 9.17) is 5.11 Å². The highest BCUT2D eigenvalue weighted by molar-refractivity contribution is 9.10. The Morgan fingerprint density at radius 1 is 1.35 bits per heavy atom. The van der Waals surface area contributed by atoms with Crippen molar-refractivity contribution in [3.05, 3.63) is 28.2 Å². The van der Waals surface area contributed by atoms with Crippen LogP contribution in [0.25, 0.3) is 0 Å². The van der Waals surface area contributed by atoms with Crippen molar-refractivity contribution in [2.24, 2.45) is 5.92 Å². The van der Waals surface area contributed by atoms with E-state index in [9.17, 15) is 18.4 Å². The van der Waals surface area contributed by atoms with E-state index in [1.54, 1.807) is 0 Å². The summed E-state index contributed by atoms with van der Waals surface area (Å²) >= 11 is 2.90. The van der Waals surface area contributed by atoms with Crippen molar-refractivity contribution in [2.75, 3.05) is 18.4 Å². The second-order valence-electron chi connectivity index (χ2n) is 4.55. The zero-order chi connectivity index (χ0) is 14.9. The lowest BCUT2D eigenvalue weighted by molar-refractivity contribution is -0.139. The molecular weight excluding hydrogens is 338 g/mol. The molecule has 20 heavy (non-hydrogen) atoms. The molecule has 1 aliphatic rings. The standard InChI is InChI=1S/C12H11BrF2N2O3/c13-7-2-10(9(15)3-8(7)14)16-12(20)17-4-6(5-17)1-11(18)19/h2-3,6H,1,4-5H2,(H,16,20)(H,18,19). The Bertz CT molecular complexity index is 562. The van der Waals surface area contributed by atoms with Gasteiger partial charge in [0.05, 0.1) is 16.6 Å². The average Bonchev–Trinajstić information content (AvgIpc) is 2.29. The predicted molar refractivity (Wildman–Crippen MR) is 70.4 cm³/mol. The van der Waals surface area contributed by atoms with Gasteiger partial charge in [0.1, 0.15) is 11.6 Å². The molecule has 0 unspecified atom stereocenters. The number of nitrogens with zero attached hydrogens (tertiary/aromatic N) is 1. The van der Waals surface area contributed by atoms with Crippen molar-refractivity contribution in [3.8, 4) is 0 Å². The van der Waals surface area contributed by atoms with E-state index in [1.807, 2.05) is 0 Å². The molecular formula is C12H11BrF2N2O3. The first-order valence-electron chi connectivity index (χ1n) is 5.79. The number of likely N-dealkylation sites (tertiary alicyclic amines) is 1. The molecule has 2 N–H and O–H groups in total. The summed E-state index contributed by atoms with van der Waals surface area (Å²) in [6.07, 6.45) is 0.000236. The quantitative estimate of drug-likeness (QED) is 0.825. The van der Waals surface area contributed by atoms with Gasteiger partial charge in [0, 0.05) is 25.1 Å². The maximum absolute atomic E-state index is 13.5. The number of nitrogens with one attached hydrogen (secondary N) is 1. The predicted octanol–water partition coefficient (Wildman–Crippen LogP) is 2.67. The zero-order valence-electron chi connectivity index (χ0n) is 10.2. The van der Waals surface area contributed by atoms with Gasteiger partial charge in [-0.3, -0.25) is 4.79 Å². The van der Waals surface area contributed by atoms with E-state index in [-0.39, 0.29) is 22.5 Å². The molecule has 0 bridgehead atoms. The van der Waals surface area contributed by atoms with E-state index in [2.05, 4.69) is 21.2 Å². The normalized spacial score (nSPS) is 14.8. The number of halogens is 3. The number of hydrogen-bond donors (Lipinski definition) is 2. The Morgan fingerprint density at radius 3 is 2.60 bits per heavy atom. The van der Waals surface area contributed by atoms with Crippen molar-refractivity contribution >= 4 is 33.6 Å². The lowest BCUT2D eigenvalue weighted by Gasteiger charge is -2.38. The van der Waals surface area contributed by atoms with E-state index < -0.39 is 23.6 Å². The molecule has 0 atom stereocenters. The minimum atomic E-state index is -0.913. The smallest absolute Gasteiger partial charge is 0.321 e. The van der Waals surface area contributed by atoms with Crippen LogP contribution >= 0.6 is 15.9 Å². The van der Waals surface area contributed by atoms with E-state index >= 15 is 0 Å². The number of carbonyl (C=O) groups excluding carboxylic acids is 1. The van der Waals surface area contributed by atoms with Crippen LogP contribution < -0.4 is 5.32 Å². The van der Waals surface area contributed by atoms with Crippen molar-refractivity contribution < 1.29 is 23.5 Å². The molecule has 8 heteroatoms. The molecule has 0 radical (unpaired) electrons. The zero-order valence-corrected chi connectivity index (χ0v) is 11.8. The molecule has 2 amide bonds. The first kappa shape index (κ1) is 14.7. The average molecular weight is 349 g/mol. The second-order valence-corrected chi connectivity index (χ2v) is 5.40. The molecule has 1 aromatic rings. The lowest BCUT2D eigenvalue weighted by atomic mass is 9.97. The number of rotatable bonds is 3. The molecule has 0 aliphatic carbocycles. The maximum atomic E-state index is 13.5. The molecule has 1 fully saturated rings. The van der Waals surface area contributed by atoms with Gasteiger partial charge < -0.3 is 15.3 Å². The third-order valence-corrected chi connectivity index (χ3v) is 3.57. The molecule has 0 spiro atoms. The third kappa shape index (κ3) is 3.24. The van der Waals surface area contributed by atoms with E-state index in [1.165, 1.54) is 4.90 Å². The van der Waals surface area contributed by atoms with Crippen LogP contribution in [0.4, 0.5) is 19.3 Å². The van der Waals surface area contributed by atoms with Crippen molar-refractivity contribution in [2.45, 2.75) is 6.42 Å². The van der Waals surface area contributed by atoms with Crippen LogP contribution in [0, 0.1) is 17.6 Å². The molecule has 1 saturated heterocycles. The highest BCUT2D eigenvalue weighted by atomic mass is 79.9. The Morgan fingerprint density at radius 2 is 2.00 bits per heavy atom. The van der Waals surface area contributed by atoms with Gasteiger partial charge in [-0.15, -0.1) is 0 Å². The number of urea groups is 1. The van der Waals surface area contributed by atoms with Crippen LogP contribution in [0.2, 0.25) is 0 Å². The topological polar surface area (TPSA) is 69.6 Å². The van der Waals surface area contributed by atoms with Crippen molar-refractivity contribution in [3.63, 3.8) is 0 Å². The highest BCUT2D eigenvalue weighted by Crippen LogP contribution is 2.25. The number of anilines is 1. The van der Waals surface area contributed by atoms with Crippen LogP contribution in [0.1, 0.15) is 6.42 Å². The van der Waals surface area contributed by atoms with Crippen molar-refractivity contribution in [1.29, 1.82) is 0 Å². The third-order valence-electron chi connectivity index (χ3n) is 2.96. The first-order chi connectivity index (χ1) is 9.36. The summed E-state index contributed by atoms with van der Waals surface area (Å²) in [6, 6.07) is 1.27. The van der Waals surface area contributed by atoms with Gasteiger partial charge in [0.2, 0.25) is 0 Å². The van der Waals surface area contributed by atoms with Crippen LogP contribution in [-0.4, -0.2) is 35.1 Å². The van der Waals surface area contributed by atoms with Crippen molar-refractivity contribution in [1.82, 2.24) is 4.90 Å². The summed E-state index contributed by atoms with van der Waals surface area (Å²) in [5, 5.41) is 10.9. The SMILES string of the molecule is O=C(O)CC1CN(C(=O)Nc2cc(Br)c(F)cc2F)C1. The number of carboxylic acid groups (broad SMARTS) is 1. The number of carbonyl (C=O) groups is 2. The fourth-order valence-corrected chi connectivity index (χ4v) is 2.27. The summed E-state index contributed by atoms with van der Waals surface area (Å²) in [7, 11) is 0. The van der Waals surface area contributed by atoms with Gasteiger partial charge >= 0.3 is 12.0 Å². The summed E-state index contributed by atoms with van der Waals surface area (Å²) in [5.41, 5.74) is -0.134. The molecule has 108 valence electrons. The van der Waals surface area contributed by atoms with Gasteiger partial charge in [-0.1, -0.05) is 0 Å². The number of aliphatic carboxylic acids is 1. The molecule has 0 saturated carbocycles. The van der Waals surface area contributed by atoms with E-state index in [0.717, 1.165) is 6.07 Å². The minimum Gasteiger partial charge on any atom is -0.481 e. The van der Waals surface area contributed by atoms with E-state index in [0.29, 0.717) is 19.2 Å². The molecule has 1 aliphatic heterocycles. The summed E-state index contributed by atoms with van der Waals surface area (Å²) < 4.78 is 26.5. The highest BCUT2D eigenvalue weighted by Gasteiger charge is 2.32. The molecule has 5 nitrogen and oxygen atoms in total. The fraction of sp³-hybridized carbons (Fsp3) is 0.333. The number of benzene rings is 1. The van der Waals surface area contributed by atoms with Crippen LogP contribution in [-0.2, 0) is 4.79 Å². The lowest BCUT2D eigenvalue weighted by Crippen LogP contribution is -2.52. The summed E-state index contributed by atoms with van der Waals surface area (Å²) in [4.78, 5) is 23.6. The fourth-order valence-electron chi connectivity index (χ4n) is 1.92. The van der Waals surface area contributed by atoms with Gasteiger partial charge in [0.25, 0.3) is 0 Å². The molecule has 1 aromatic carbocycles. The Balaban J connectivity index is 1.93. The Labute approximate surface area is 121 Å². The maximum Gasteiger partial charge on any atom is 0.321 e. The molecule has 2 rings (SSSR count). The number of amides is 2. The molecule has 1 heterocycles. The van der Waals surface area contributed by atoms with Gasteiger partial charge in [-0.25, -0.2) is 13.6 Å². The minimum absolute atomic E-state index is 0.000236.